The molecule has 8 heteroatoms. The summed E-state index contributed by atoms with van der Waals surface area (Å²) in [5.74, 6) is -0.149. The second kappa shape index (κ2) is 8.09. The van der Waals surface area contributed by atoms with Crippen LogP contribution in [0.15, 0.2) is 36.4 Å². The number of aromatic nitrogens is 1. The minimum Gasteiger partial charge on any atom is -0.376 e. The summed E-state index contributed by atoms with van der Waals surface area (Å²) in [5, 5.41) is 2.65. The number of carbonyl (C=O) groups is 1. The summed E-state index contributed by atoms with van der Waals surface area (Å²) in [6.07, 6.45) is 1.92. The van der Waals surface area contributed by atoms with Gasteiger partial charge in [0.2, 0.25) is 0 Å². The number of halogens is 2. The summed E-state index contributed by atoms with van der Waals surface area (Å²) in [6, 6.07) is 11.6. The Hall–Kier alpha value is -1.70. The highest BCUT2D eigenvalue weighted by molar-refractivity contribution is 7.23. The fourth-order valence-corrected chi connectivity index (χ4v) is 6.51. The first-order valence-corrected chi connectivity index (χ1v) is 12.1. The molecule has 1 unspecified atom stereocenters. The number of ether oxygens (including phenoxy) is 1. The van der Waals surface area contributed by atoms with Crippen molar-refractivity contribution in [2.75, 3.05) is 18.1 Å². The molecule has 1 aliphatic rings. The van der Waals surface area contributed by atoms with Crippen LogP contribution in [0.5, 0.6) is 0 Å². The van der Waals surface area contributed by atoms with Crippen LogP contribution in [0.3, 0.4) is 0 Å². The van der Waals surface area contributed by atoms with E-state index in [0.717, 1.165) is 45.3 Å². The molecule has 0 radical (unpaired) electrons. The Kier molecular flexibility index (Phi) is 5.45. The lowest BCUT2D eigenvalue weighted by molar-refractivity contribution is 0.0921. The molecule has 0 saturated carbocycles. The molecule has 2 aromatic heterocycles. The fraction of sp³-hybridized carbons (Fsp3) is 0.273. The maximum absolute atomic E-state index is 13.7. The molecule has 0 N–H and O–H groups in total. The molecular weight excluding hydrogens is 459 g/mol. The number of carbonyl (C=O) groups excluding carboxylic acids is 1. The SMILES string of the molecule is Cc1ccc(Cl)c2sc(N(CC3CCCO3)C(=O)c3sc4ccccc4c3Cl)nc12. The van der Waals surface area contributed by atoms with Gasteiger partial charge >= 0.3 is 0 Å². The highest BCUT2D eigenvalue weighted by Gasteiger charge is 2.30. The molecule has 0 aliphatic carbocycles. The number of thiophene rings is 1. The Balaban J connectivity index is 1.61. The molecule has 4 nitrogen and oxygen atoms in total. The van der Waals surface area contributed by atoms with Gasteiger partial charge in [-0.05, 0) is 37.5 Å². The van der Waals surface area contributed by atoms with Crippen LogP contribution in [0.1, 0.15) is 28.1 Å². The highest BCUT2D eigenvalue weighted by atomic mass is 35.5. The van der Waals surface area contributed by atoms with Crippen molar-refractivity contribution in [3.8, 4) is 0 Å². The van der Waals surface area contributed by atoms with E-state index in [1.54, 1.807) is 4.90 Å². The lowest BCUT2D eigenvalue weighted by Crippen LogP contribution is -2.37. The van der Waals surface area contributed by atoms with Gasteiger partial charge in [0, 0.05) is 16.7 Å². The maximum atomic E-state index is 13.7. The predicted octanol–water partition coefficient (Wildman–Crippen LogP) is 6.95. The van der Waals surface area contributed by atoms with Crippen LogP contribution in [0.4, 0.5) is 5.13 Å². The zero-order valence-electron chi connectivity index (χ0n) is 16.2. The van der Waals surface area contributed by atoms with E-state index in [1.165, 1.54) is 22.7 Å². The third kappa shape index (κ3) is 3.51. The van der Waals surface area contributed by atoms with E-state index in [2.05, 4.69) is 0 Å². The lowest BCUT2D eigenvalue weighted by atomic mass is 10.2. The molecule has 1 fully saturated rings. The molecule has 30 heavy (non-hydrogen) atoms. The average molecular weight is 477 g/mol. The van der Waals surface area contributed by atoms with Crippen molar-refractivity contribution in [3.05, 3.63) is 56.9 Å². The van der Waals surface area contributed by atoms with Crippen LogP contribution < -0.4 is 4.90 Å². The molecule has 5 rings (SSSR count). The van der Waals surface area contributed by atoms with E-state index in [9.17, 15) is 4.79 Å². The van der Waals surface area contributed by atoms with Gasteiger partial charge in [0.25, 0.3) is 5.91 Å². The van der Waals surface area contributed by atoms with Crippen LogP contribution in [0.25, 0.3) is 20.3 Å². The number of anilines is 1. The van der Waals surface area contributed by atoms with E-state index >= 15 is 0 Å². The van der Waals surface area contributed by atoms with Crippen LogP contribution in [0.2, 0.25) is 10.0 Å². The Labute approximate surface area is 192 Å². The van der Waals surface area contributed by atoms with Gasteiger partial charge in [-0.2, -0.15) is 0 Å². The topological polar surface area (TPSA) is 42.4 Å². The first-order chi connectivity index (χ1) is 14.5. The predicted molar refractivity (Wildman–Crippen MR) is 127 cm³/mol. The van der Waals surface area contributed by atoms with Gasteiger partial charge < -0.3 is 4.74 Å². The number of aryl methyl sites for hydroxylation is 1. The number of rotatable bonds is 4. The zero-order valence-corrected chi connectivity index (χ0v) is 19.3. The van der Waals surface area contributed by atoms with Crippen molar-refractivity contribution in [3.63, 3.8) is 0 Å². The summed E-state index contributed by atoms with van der Waals surface area (Å²) in [7, 11) is 0. The number of benzene rings is 2. The van der Waals surface area contributed by atoms with Crippen LogP contribution in [0, 0.1) is 6.92 Å². The fourth-order valence-electron chi connectivity index (χ4n) is 3.72. The highest BCUT2D eigenvalue weighted by Crippen LogP contribution is 2.40. The van der Waals surface area contributed by atoms with E-state index < -0.39 is 0 Å². The van der Waals surface area contributed by atoms with Gasteiger partial charge in [-0.25, -0.2) is 4.98 Å². The van der Waals surface area contributed by atoms with E-state index in [-0.39, 0.29) is 12.0 Å². The summed E-state index contributed by atoms with van der Waals surface area (Å²) < 4.78 is 7.71. The molecule has 1 saturated heterocycles. The van der Waals surface area contributed by atoms with E-state index in [0.29, 0.717) is 26.6 Å². The number of hydrogen-bond acceptors (Lipinski definition) is 5. The van der Waals surface area contributed by atoms with Crippen molar-refractivity contribution in [2.45, 2.75) is 25.9 Å². The Morgan fingerprint density at radius 3 is 2.80 bits per heavy atom. The molecule has 1 atom stereocenters. The third-order valence-corrected chi connectivity index (χ3v) is 8.50. The normalized spacial score (nSPS) is 16.6. The number of nitrogens with zero attached hydrogens (tertiary/aromatic N) is 2. The first kappa shape index (κ1) is 20.2. The molecule has 0 spiro atoms. The zero-order chi connectivity index (χ0) is 20.8. The quantitative estimate of drug-likeness (QED) is 0.319. The molecule has 3 heterocycles. The van der Waals surface area contributed by atoms with Crippen molar-refractivity contribution in [2.24, 2.45) is 0 Å². The molecule has 0 bridgehead atoms. The van der Waals surface area contributed by atoms with E-state index in [1.807, 2.05) is 43.3 Å². The molecule has 1 aliphatic heterocycles. The van der Waals surface area contributed by atoms with Gasteiger partial charge in [0.05, 0.1) is 32.9 Å². The summed E-state index contributed by atoms with van der Waals surface area (Å²) >= 11 is 15.9. The average Bonchev–Trinajstić information content (AvgIpc) is 3.48. The van der Waals surface area contributed by atoms with Gasteiger partial charge in [0.15, 0.2) is 5.13 Å². The monoisotopic (exact) mass is 476 g/mol. The van der Waals surface area contributed by atoms with Crippen molar-refractivity contribution in [1.29, 1.82) is 0 Å². The standard InChI is InChI=1S/C22H18Cl2N2O2S2/c1-12-8-9-15(23)19-18(12)25-22(30-19)26(11-13-5-4-10-28-13)21(27)20-17(24)14-6-2-3-7-16(14)29-20/h2-3,6-9,13H,4-5,10-11H2,1H3. The molecular formula is C22H18Cl2N2O2S2. The summed E-state index contributed by atoms with van der Waals surface area (Å²) in [6.45, 7) is 3.16. The van der Waals surface area contributed by atoms with Crippen LogP contribution in [-0.4, -0.2) is 30.1 Å². The van der Waals surface area contributed by atoms with Crippen molar-refractivity contribution >= 4 is 77.2 Å². The Morgan fingerprint density at radius 1 is 1.23 bits per heavy atom. The van der Waals surface area contributed by atoms with Gasteiger partial charge in [-0.15, -0.1) is 11.3 Å². The van der Waals surface area contributed by atoms with Crippen molar-refractivity contribution < 1.29 is 9.53 Å². The van der Waals surface area contributed by atoms with Crippen LogP contribution >= 0.6 is 45.9 Å². The molecule has 2 aromatic carbocycles. The smallest absolute Gasteiger partial charge is 0.271 e. The number of thiazole rings is 1. The van der Waals surface area contributed by atoms with Gasteiger partial charge in [-0.1, -0.05) is 58.8 Å². The number of fused-ring (bicyclic) bond motifs is 2. The number of amides is 1. The van der Waals surface area contributed by atoms with Crippen LogP contribution in [-0.2, 0) is 4.74 Å². The third-order valence-electron chi connectivity index (χ3n) is 5.30. The van der Waals surface area contributed by atoms with E-state index in [4.69, 9.17) is 32.9 Å². The second-order valence-electron chi connectivity index (χ2n) is 7.33. The maximum Gasteiger partial charge on any atom is 0.271 e. The lowest BCUT2D eigenvalue weighted by Gasteiger charge is -2.22. The summed E-state index contributed by atoms with van der Waals surface area (Å²) in [4.78, 5) is 20.7. The van der Waals surface area contributed by atoms with Gasteiger partial charge in [0.1, 0.15) is 4.88 Å². The first-order valence-electron chi connectivity index (χ1n) is 9.69. The Bertz CT molecular complexity index is 1220. The molecule has 1 amide bonds. The number of hydrogen-bond donors (Lipinski definition) is 0. The summed E-state index contributed by atoms with van der Waals surface area (Å²) in [5.41, 5.74) is 1.86. The molecule has 154 valence electrons. The van der Waals surface area contributed by atoms with Crippen molar-refractivity contribution in [1.82, 2.24) is 4.98 Å². The largest absolute Gasteiger partial charge is 0.376 e. The van der Waals surface area contributed by atoms with Gasteiger partial charge in [-0.3, -0.25) is 9.69 Å². The molecule has 4 aromatic rings. The minimum atomic E-state index is -0.149. The Morgan fingerprint density at radius 2 is 2.07 bits per heavy atom. The minimum absolute atomic E-state index is 0.00863. The second-order valence-corrected chi connectivity index (χ2v) is 10.1.